The number of non-ortho nitro benzene ring substituents is 1. The zero-order chi connectivity index (χ0) is 26.1. The highest BCUT2D eigenvalue weighted by atomic mass is 16.6. The summed E-state index contributed by atoms with van der Waals surface area (Å²) in [6.07, 6.45) is 4.40. The minimum Gasteiger partial charge on any atom is -0.497 e. The number of methoxy groups -OCH3 is 1. The Hall–Kier alpha value is -3.94. The Balaban J connectivity index is 1.55. The summed E-state index contributed by atoms with van der Waals surface area (Å²) < 4.78 is 11.1. The standard InChI is InChI=1S/C29H30N2O6/c1-17-26(29(33)37-23-8-3-4-9-23)27(19-6-5-7-21(14-19)31(34)35)28-24(30-17)15-20(16-25(28)32)18-10-12-22(36-2)13-11-18/h5-7,10-14,20,23,27,30H,3-4,8-9,15-16H2,1-2H3/t20-,27-/m0/s1. The van der Waals surface area contributed by atoms with E-state index in [1.165, 1.54) is 12.1 Å². The second-order valence-corrected chi connectivity index (χ2v) is 9.95. The zero-order valence-corrected chi connectivity index (χ0v) is 21.0. The number of nitrogens with zero attached hydrogens (tertiary/aromatic N) is 1. The van der Waals surface area contributed by atoms with Crippen molar-refractivity contribution >= 4 is 17.4 Å². The lowest BCUT2D eigenvalue weighted by Gasteiger charge is -2.37. The van der Waals surface area contributed by atoms with E-state index in [1.807, 2.05) is 24.3 Å². The van der Waals surface area contributed by atoms with Gasteiger partial charge in [-0.2, -0.15) is 0 Å². The Labute approximate surface area is 215 Å². The minimum atomic E-state index is -0.727. The molecule has 0 aromatic heterocycles. The van der Waals surface area contributed by atoms with Gasteiger partial charge in [-0.3, -0.25) is 14.9 Å². The van der Waals surface area contributed by atoms with E-state index in [2.05, 4.69) is 5.32 Å². The molecule has 37 heavy (non-hydrogen) atoms. The molecule has 5 rings (SSSR count). The lowest BCUT2D eigenvalue weighted by atomic mass is 9.71. The topological polar surface area (TPSA) is 108 Å². The van der Waals surface area contributed by atoms with Gasteiger partial charge < -0.3 is 14.8 Å². The van der Waals surface area contributed by atoms with Gasteiger partial charge in [-0.1, -0.05) is 24.3 Å². The molecule has 2 atom stereocenters. The summed E-state index contributed by atoms with van der Waals surface area (Å²) in [6.45, 7) is 1.81. The average molecular weight is 503 g/mol. The van der Waals surface area contributed by atoms with E-state index < -0.39 is 16.8 Å². The first-order valence-electron chi connectivity index (χ1n) is 12.7. The molecule has 1 heterocycles. The number of dihydropyridines is 1. The van der Waals surface area contributed by atoms with Gasteiger partial charge in [0.15, 0.2) is 5.78 Å². The van der Waals surface area contributed by atoms with Crippen LogP contribution in [0, 0.1) is 10.1 Å². The number of ketones is 1. The number of ether oxygens (including phenoxy) is 2. The van der Waals surface area contributed by atoms with Crippen LogP contribution in [0.2, 0.25) is 0 Å². The third-order valence-corrected chi connectivity index (χ3v) is 7.62. The van der Waals surface area contributed by atoms with Crippen LogP contribution in [0.15, 0.2) is 71.1 Å². The number of nitrogens with one attached hydrogen (secondary N) is 1. The Morgan fingerprint density at radius 2 is 1.78 bits per heavy atom. The number of allylic oxidation sites excluding steroid dienone is 3. The average Bonchev–Trinajstić information content (AvgIpc) is 3.40. The van der Waals surface area contributed by atoms with Crippen molar-refractivity contribution in [3.05, 3.63) is 92.3 Å². The molecule has 1 fully saturated rings. The van der Waals surface area contributed by atoms with Crippen LogP contribution in [-0.2, 0) is 14.3 Å². The first-order valence-corrected chi connectivity index (χ1v) is 12.7. The quantitative estimate of drug-likeness (QED) is 0.318. The van der Waals surface area contributed by atoms with E-state index in [-0.39, 0.29) is 29.9 Å². The second kappa shape index (κ2) is 10.2. The Bertz CT molecular complexity index is 1300. The lowest BCUT2D eigenvalue weighted by molar-refractivity contribution is -0.384. The van der Waals surface area contributed by atoms with Gasteiger partial charge in [0.25, 0.3) is 5.69 Å². The van der Waals surface area contributed by atoms with Crippen molar-refractivity contribution in [3.8, 4) is 5.75 Å². The van der Waals surface area contributed by atoms with E-state index >= 15 is 0 Å². The predicted octanol–water partition coefficient (Wildman–Crippen LogP) is 5.45. The molecule has 0 unspecified atom stereocenters. The molecule has 2 aromatic rings. The maximum atomic E-state index is 13.7. The fourth-order valence-corrected chi connectivity index (χ4v) is 5.79. The molecule has 8 nitrogen and oxygen atoms in total. The van der Waals surface area contributed by atoms with Crippen molar-refractivity contribution in [2.75, 3.05) is 7.11 Å². The number of benzene rings is 2. The van der Waals surface area contributed by atoms with Crippen molar-refractivity contribution in [1.82, 2.24) is 5.32 Å². The number of esters is 1. The van der Waals surface area contributed by atoms with Crippen LogP contribution in [0.5, 0.6) is 5.75 Å². The molecule has 0 saturated heterocycles. The van der Waals surface area contributed by atoms with Crippen LogP contribution < -0.4 is 10.1 Å². The summed E-state index contributed by atoms with van der Waals surface area (Å²) in [7, 11) is 1.61. The van der Waals surface area contributed by atoms with Crippen LogP contribution in [0.1, 0.15) is 68.4 Å². The van der Waals surface area contributed by atoms with Crippen LogP contribution in [0.25, 0.3) is 0 Å². The van der Waals surface area contributed by atoms with Gasteiger partial charge in [-0.25, -0.2) is 4.79 Å². The van der Waals surface area contributed by atoms with Gasteiger partial charge in [-0.05, 0) is 68.2 Å². The molecule has 1 saturated carbocycles. The number of rotatable bonds is 6. The SMILES string of the molecule is COc1ccc([C@@H]2CC(=O)C3=C(C2)NC(C)=C(C(=O)OC2CCCC2)[C@@H]3c2cccc([N+](=O)[O-])c2)cc1. The fraction of sp³-hybridized carbons (Fsp3) is 0.379. The number of carbonyl (C=O) groups excluding carboxylic acids is 2. The number of hydrogen-bond acceptors (Lipinski definition) is 7. The summed E-state index contributed by atoms with van der Waals surface area (Å²) in [5.41, 5.74) is 3.69. The zero-order valence-electron chi connectivity index (χ0n) is 21.0. The van der Waals surface area contributed by atoms with Gasteiger partial charge in [0.2, 0.25) is 0 Å². The summed E-state index contributed by atoms with van der Waals surface area (Å²) in [5, 5.41) is 14.9. The molecule has 0 radical (unpaired) electrons. The normalized spacial score (nSPS) is 21.9. The maximum Gasteiger partial charge on any atom is 0.337 e. The molecule has 1 N–H and O–H groups in total. The minimum absolute atomic E-state index is 0.0322. The summed E-state index contributed by atoms with van der Waals surface area (Å²) >= 11 is 0. The Kier molecular flexibility index (Phi) is 6.82. The van der Waals surface area contributed by atoms with Gasteiger partial charge >= 0.3 is 5.97 Å². The third-order valence-electron chi connectivity index (χ3n) is 7.62. The molecule has 192 valence electrons. The smallest absolute Gasteiger partial charge is 0.337 e. The summed E-state index contributed by atoms with van der Waals surface area (Å²) in [4.78, 5) is 38.3. The molecule has 2 aromatic carbocycles. The van der Waals surface area contributed by atoms with Gasteiger partial charge in [0.1, 0.15) is 11.9 Å². The molecule has 0 amide bonds. The van der Waals surface area contributed by atoms with Crippen molar-refractivity contribution < 1.29 is 24.0 Å². The molecule has 0 bridgehead atoms. The van der Waals surface area contributed by atoms with E-state index in [9.17, 15) is 19.7 Å². The van der Waals surface area contributed by atoms with Crippen molar-refractivity contribution in [2.45, 2.75) is 63.4 Å². The number of nitro groups is 1. The van der Waals surface area contributed by atoms with E-state index in [1.54, 1.807) is 26.2 Å². The van der Waals surface area contributed by atoms with Crippen LogP contribution in [-0.4, -0.2) is 29.9 Å². The third kappa shape index (κ3) is 4.88. The molecule has 8 heteroatoms. The number of Topliss-reactive ketones (excluding diaryl/α,β-unsaturated/α-hetero) is 1. The monoisotopic (exact) mass is 502 g/mol. The molecule has 3 aliphatic rings. The highest BCUT2D eigenvalue weighted by molar-refractivity contribution is 6.04. The fourth-order valence-electron chi connectivity index (χ4n) is 5.79. The van der Waals surface area contributed by atoms with Crippen LogP contribution in [0.4, 0.5) is 5.69 Å². The number of carbonyl (C=O) groups is 2. The Morgan fingerprint density at radius 1 is 1.05 bits per heavy atom. The Morgan fingerprint density at radius 3 is 2.46 bits per heavy atom. The lowest BCUT2D eigenvalue weighted by Crippen LogP contribution is -2.36. The van der Waals surface area contributed by atoms with Gasteiger partial charge in [0.05, 0.1) is 17.6 Å². The molecule has 0 spiro atoms. The first kappa shape index (κ1) is 24.7. The second-order valence-electron chi connectivity index (χ2n) is 9.95. The van der Waals surface area contributed by atoms with Crippen molar-refractivity contribution in [1.29, 1.82) is 0 Å². The molecular formula is C29H30N2O6. The van der Waals surface area contributed by atoms with Crippen LogP contribution in [0.3, 0.4) is 0 Å². The first-order chi connectivity index (χ1) is 17.9. The molecule has 2 aliphatic carbocycles. The van der Waals surface area contributed by atoms with Gasteiger partial charge in [-0.15, -0.1) is 0 Å². The van der Waals surface area contributed by atoms with E-state index in [0.29, 0.717) is 28.8 Å². The predicted molar refractivity (Wildman–Crippen MR) is 137 cm³/mol. The molecular weight excluding hydrogens is 472 g/mol. The van der Waals surface area contributed by atoms with E-state index in [4.69, 9.17) is 9.47 Å². The summed E-state index contributed by atoms with van der Waals surface area (Å²) in [6, 6.07) is 13.9. The van der Waals surface area contributed by atoms with Crippen LogP contribution >= 0.6 is 0 Å². The van der Waals surface area contributed by atoms with Crippen molar-refractivity contribution in [2.24, 2.45) is 0 Å². The molecule has 1 aliphatic heterocycles. The highest BCUT2D eigenvalue weighted by Gasteiger charge is 2.42. The number of hydrogen-bond donors (Lipinski definition) is 1. The summed E-state index contributed by atoms with van der Waals surface area (Å²) in [5.74, 6) is -0.559. The maximum absolute atomic E-state index is 13.7. The van der Waals surface area contributed by atoms with E-state index in [0.717, 1.165) is 42.7 Å². The number of nitro benzene ring substituents is 1. The van der Waals surface area contributed by atoms with Crippen molar-refractivity contribution in [3.63, 3.8) is 0 Å². The highest BCUT2D eigenvalue weighted by Crippen LogP contribution is 2.46. The largest absolute Gasteiger partial charge is 0.497 e. The van der Waals surface area contributed by atoms with Gasteiger partial charge in [0, 0.05) is 41.4 Å².